The maximum Gasteiger partial charge on any atom is 0.358 e. The molecule has 2 heterocycles. The first-order valence-electron chi connectivity index (χ1n) is 6.46. The van der Waals surface area contributed by atoms with E-state index in [4.69, 9.17) is 5.11 Å². The van der Waals surface area contributed by atoms with Crippen molar-refractivity contribution in [1.82, 2.24) is 19.9 Å². The first kappa shape index (κ1) is 14.3. The summed E-state index contributed by atoms with van der Waals surface area (Å²) in [6.45, 7) is 8.31. The zero-order valence-electron chi connectivity index (χ0n) is 11.4. The van der Waals surface area contributed by atoms with Crippen LogP contribution in [0.15, 0.2) is 6.20 Å². The van der Waals surface area contributed by atoms with Gasteiger partial charge in [-0.1, -0.05) is 19.1 Å². The van der Waals surface area contributed by atoms with E-state index in [9.17, 15) is 4.79 Å². The van der Waals surface area contributed by atoms with E-state index in [1.165, 1.54) is 12.6 Å². The first-order chi connectivity index (χ1) is 8.96. The number of carboxylic acids is 1. The van der Waals surface area contributed by atoms with Gasteiger partial charge in [-0.05, 0) is 13.0 Å². The van der Waals surface area contributed by atoms with Crippen LogP contribution < -0.4 is 0 Å². The van der Waals surface area contributed by atoms with Gasteiger partial charge in [0.15, 0.2) is 5.69 Å². The molecule has 7 heteroatoms. The summed E-state index contributed by atoms with van der Waals surface area (Å²) in [6, 6.07) is 0. The van der Waals surface area contributed by atoms with Crippen molar-refractivity contribution in [3.05, 3.63) is 11.9 Å². The second kappa shape index (κ2) is 5.92. The van der Waals surface area contributed by atoms with Crippen LogP contribution in [0.4, 0.5) is 0 Å². The Morgan fingerprint density at radius 2 is 2.26 bits per heavy atom. The van der Waals surface area contributed by atoms with Gasteiger partial charge in [0.05, 0.1) is 12.7 Å². The van der Waals surface area contributed by atoms with Crippen molar-refractivity contribution in [2.24, 2.45) is 0 Å². The van der Waals surface area contributed by atoms with Crippen LogP contribution in [0.25, 0.3) is 0 Å². The fourth-order valence-electron chi connectivity index (χ4n) is 2.04. The normalized spacial score (nSPS) is 20.1. The van der Waals surface area contributed by atoms with E-state index < -0.39 is 5.97 Å². The van der Waals surface area contributed by atoms with Gasteiger partial charge in [0.2, 0.25) is 0 Å². The molecule has 1 saturated heterocycles. The highest BCUT2D eigenvalue weighted by atomic mass is 32.2. The molecule has 0 aliphatic carbocycles. The predicted molar refractivity (Wildman–Crippen MR) is 74.6 cm³/mol. The van der Waals surface area contributed by atoms with Crippen LogP contribution in [0.1, 0.15) is 30.8 Å². The summed E-state index contributed by atoms with van der Waals surface area (Å²) < 4.78 is 1.96. The minimum atomic E-state index is -1.03. The minimum absolute atomic E-state index is 0.00700. The Bertz CT molecular complexity index is 447. The molecule has 0 radical (unpaired) electrons. The summed E-state index contributed by atoms with van der Waals surface area (Å²) in [7, 11) is 0. The van der Waals surface area contributed by atoms with Crippen LogP contribution in [0, 0.1) is 0 Å². The Kier molecular flexibility index (Phi) is 4.46. The Morgan fingerprint density at radius 1 is 1.47 bits per heavy atom. The zero-order chi connectivity index (χ0) is 13.9. The highest BCUT2D eigenvalue weighted by molar-refractivity contribution is 8.00. The molecule has 0 aromatic carbocycles. The number of carbonyl (C=O) groups is 1. The van der Waals surface area contributed by atoms with Crippen molar-refractivity contribution in [3.8, 4) is 0 Å². The summed E-state index contributed by atoms with van der Waals surface area (Å²) in [4.78, 5) is 13.1. The average Bonchev–Trinajstić information content (AvgIpc) is 2.74. The molecule has 0 saturated carbocycles. The van der Waals surface area contributed by atoms with Crippen LogP contribution in [0.2, 0.25) is 0 Å². The predicted octanol–water partition coefficient (Wildman–Crippen LogP) is 1.19. The highest BCUT2D eigenvalue weighted by Crippen LogP contribution is 2.30. The van der Waals surface area contributed by atoms with Gasteiger partial charge >= 0.3 is 5.97 Å². The van der Waals surface area contributed by atoms with Gasteiger partial charge in [-0.2, -0.15) is 11.8 Å². The molecule has 6 nitrogen and oxygen atoms in total. The Labute approximate surface area is 117 Å². The number of nitrogens with zero attached hydrogens (tertiary/aromatic N) is 4. The summed E-state index contributed by atoms with van der Waals surface area (Å²) in [5.74, 6) is 0.115. The topological polar surface area (TPSA) is 71.2 Å². The fraction of sp³-hybridized carbons (Fsp3) is 0.750. The highest BCUT2D eigenvalue weighted by Gasteiger charge is 2.23. The maximum atomic E-state index is 10.7. The Hall–Kier alpha value is -1.08. The van der Waals surface area contributed by atoms with Crippen molar-refractivity contribution >= 4 is 17.7 Å². The number of aromatic carboxylic acids is 1. The minimum Gasteiger partial charge on any atom is -0.476 e. The lowest BCUT2D eigenvalue weighted by Crippen LogP contribution is -2.30. The molecule has 1 aliphatic heterocycles. The molecular weight excluding hydrogens is 264 g/mol. The van der Waals surface area contributed by atoms with E-state index in [-0.39, 0.29) is 5.69 Å². The van der Waals surface area contributed by atoms with E-state index in [1.807, 2.05) is 11.8 Å². The number of aromatic nitrogens is 3. The van der Waals surface area contributed by atoms with Crippen LogP contribution in [0.3, 0.4) is 0 Å². The molecule has 0 spiro atoms. The second-order valence-corrected chi connectivity index (χ2v) is 7.17. The third-order valence-electron chi connectivity index (χ3n) is 3.33. The van der Waals surface area contributed by atoms with E-state index in [0.717, 1.165) is 25.4 Å². The monoisotopic (exact) mass is 284 g/mol. The lowest BCUT2D eigenvalue weighted by atomic mass is 10.1. The number of carboxylic acid groups (broad SMARTS) is 1. The molecule has 1 fully saturated rings. The standard InChI is InChI=1S/C12H20N4O2S/c1-12(2)3-4-15(7-8-19-12)5-6-16-9-10(11(17)18)13-14-16/h9H,3-8H2,1-2H3,(H,17,18). The third kappa shape index (κ3) is 4.21. The van der Waals surface area contributed by atoms with Gasteiger partial charge < -0.3 is 10.0 Å². The van der Waals surface area contributed by atoms with Gasteiger partial charge in [-0.3, -0.25) is 4.68 Å². The van der Waals surface area contributed by atoms with Gasteiger partial charge in [-0.15, -0.1) is 5.10 Å². The molecule has 1 aliphatic rings. The number of thioether (sulfide) groups is 1. The molecule has 1 aromatic rings. The summed E-state index contributed by atoms with van der Waals surface area (Å²) >= 11 is 2.02. The zero-order valence-corrected chi connectivity index (χ0v) is 12.2. The summed E-state index contributed by atoms with van der Waals surface area (Å²) in [5, 5.41) is 16.2. The molecule has 0 bridgehead atoms. The van der Waals surface area contributed by atoms with Crippen molar-refractivity contribution in [2.45, 2.75) is 31.6 Å². The average molecular weight is 284 g/mol. The van der Waals surface area contributed by atoms with Crippen molar-refractivity contribution in [1.29, 1.82) is 0 Å². The SMILES string of the molecule is CC1(C)CCN(CCn2cc(C(=O)O)nn2)CCS1. The van der Waals surface area contributed by atoms with Crippen molar-refractivity contribution in [2.75, 3.05) is 25.4 Å². The van der Waals surface area contributed by atoms with Crippen molar-refractivity contribution < 1.29 is 9.90 Å². The van der Waals surface area contributed by atoms with Crippen LogP contribution in [-0.4, -0.2) is 61.1 Å². The summed E-state index contributed by atoms with van der Waals surface area (Å²) in [5.41, 5.74) is 0.00700. The smallest absolute Gasteiger partial charge is 0.358 e. The first-order valence-corrected chi connectivity index (χ1v) is 7.45. The molecular formula is C12H20N4O2S. The number of hydrogen-bond acceptors (Lipinski definition) is 5. The van der Waals surface area contributed by atoms with Gasteiger partial charge in [0.1, 0.15) is 0 Å². The molecule has 0 atom stereocenters. The molecule has 1 N–H and O–H groups in total. The van der Waals surface area contributed by atoms with Gasteiger partial charge in [0.25, 0.3) is 0 Å². The second-order valence-electron chi connectivity index (χ2n) is 5.37. The maximum absolute atomic E-state index is 10.7. The molecule has 0 unspecified atom stereocenters. The van der Waals surface area contributed by atoms with Gasteiger partial charge in [0, 0.05) is 23.6 Å². The Balaban J connectivity index is 1.83. The lowest BCUT2D eigenvalue weighted by Gasteiger charge is -2.22. The molecule has 2 rings (SSSR count). The van der Waals surface area contributed by atoms with Crippen LogP contribution in [-0.2, 0) is 6.54 Å². The van der Waals surface area contributed by atoms with E-state index >= 15 is 0 Å². The number of rotatable bonds is 4. The summed E-state index contributed by atoms with van der Waals surface area (Å²) in [6.07, 6.45) is 2.66. The van der Waals surface area contributed by atoms with Crippen LogP contribution in [0.5, 0.6) is 0 Å². The largest absolute Gasteiger partial charge is 0.476 e. The van der Waals surface area contributed by atoms with E-state index in [0.29, 0.717) is 11.3 Å². The van der Waals surface area contributed by atoms with Crippen LogP contribution >= 0.6 is 11.8 Å². The molecule has 19 heavy (non-hydrogen) atoms. The van der Waals surface area contributed by atoms with E-state index in [2.05, 4.69) is 29.1 Å². The van der Waals surface area contributed by atoms with Crippen molar-refractivity contribution in [3.63, 3.8) is 0 Å². The molecule has 106 valence electrons. The van der Waals surface area contributed by atoms with E-state index in [1.54, 1.807) is 4.68 Å². The number of hydrogen-bond donors (Lipinski definition) is 1. The third-order valence-corrected chi connectivity index (χ3v) is 4.71. The quantitative estimate of drug-likeness (QED) is 0.895. The van der Waals surface area contributed by atoms with Gasteiger partial charge in [-0.25, -0.2) is 4.79 Å². The lowest BCUT2D eigenvalue weighted by molar-refractivity contribution is 0.0690. The molecule has 1 aromatic heterocycles. The Morgan fingerprint density at radius 3 is 2.95 bits per heavy atom. The molecule has 0 amide bonds. The fourth-order valence-corrected chi connectivity index (χ4v) is 3.17.